The van der Waals surface area contributed by atoms with Gasteiger partial charge in [-0.1, -0.05) is 38.8 Å². The van der Waals surface area contributed by atoms with E-state index in [0.717, 1.165) is 63.4 Å². The van der Waals surface area contributed by atoms with Crippen LogP contribution in [0.25, 0.3) is 0 Å². The summed E-state index contributed by atoms with van der Waals surface area (Å²) in [6.45, 7) is 9.09. The largest absolute Gasteiger partial charge is 0.390 e. The third-order valence-corrected chi connectivity index (χ3v) is 16.9. The number of carbonyl (C=O) groups excluding carboxylic acids is 2. The van der Waals surface area contributed by atoms with Crippen molar-refractivity contribution < 1.29 is 30.0 Å². The molecule has 0 heterocycles. The van der Waals surface area contributed by atoms with Crippen molar-refractivity contribution in [3.05, 3.63) is 23.3 Å². The lowest BCUT2D eigenvalue weighted by atomic mass is 9.40. The Balaban J connectivity index is 1.18. The molecule has 8 rings (SSSR count). The van der Waals surface area contributed by atoms with Crippen LogP contribution in [0.4, 0.5) is 0 Å². The summed E-state index contributed by atoms with van der Waals surface area (Å²) in [5.41, 5.74) is -0.0760. The first-order chi connectivity index (χ1) is 20.7. The number of rotatable bonds is 1. The summed E-state index contributed by atoms with van der Waals surface area (Å²) in [6.07, 6.45) is 11.8. The van der Waals surface area contributed by atoms with E-state index in [4.69, 9.17) is 0 Å². The van der Waals surface area contributed by atoms with Crippen LogP contribution >= 0.6 is 0 Å². The average molecular weight is 607 g/mol. The zero-order valence-electron chi connectivity index (χ0n) is 27.2. The van der Waals surface area contributed by atoms with Gasteiger partial charge in [-0.2, -0.15) is 0 Å². The molecule has 0 bridgehead atoms. The number of allylic oxidation sites excluding steroid dienone is 2. The third kappa shape index (κ3) is 3.48. The van der Waals surface area contributed by atoms with Gasteiger partial charge in [0.25, 0.3) is 0 Å². The van der Waals surface area contributed by atoms with Gasteiger partial charge in [0.05, 0.1) is 18.3 Å². The second-order valence-corrected chi connectivity index (χ2v) is 17.9. The molecule has 0 radical (unpaired) electrons. The van der Waals surface area contributed by atoms with Gasteiger partial charge in [-0.15, -0.1) is 0 Å². The summed E-state index contributed by atoms with van der Waals surface area (Å²) < 4.78 is 0. The molecule has 4 N–H and O–H groups in total. The molecule has 8 aliphatic rings. The van der Waals surface area contributed by atoms with Crippen molar-refractivity contribution in [1.29, 1.82) is 0 Å². The van der Waals surface area contributed by atoms with Crippen molar-refractivity contribution in [2.75, 3.05) is 0 Å². The van der Waals surface area contributed by atoms with Crippen LogP contribution in [0.5, 0.6) is 0 Å². The highest BCUT2D eigenvalue weighted by atomic mass is 16.3. The first-order valence-electron chi connectivity index (χ1n) is 17.9. The number of ketones is 2. The molecule has 0 aromatic rings. The van der Waals surface area contributed by atoms with Crippen LogP contribution in [-0.4, -0.2) is 55.9 Å². The van der Waals surface area contributed by atoms with Gasteiger partial charge in [-0.3, -0.25) is 9.59 Å². The van der Waals surface area contributed by atoms with Crippen LogP contribution in [0.15, 0.2) is 23.3 Å². The van der Waals surface area contributed by atoms with E-state index in [0.29, 0.717) is 37.0 Å². The lowest BCUT2D eigenvalue weighted by Crippen LogP contribution is -2.66. The van der Waals surface area contributed by atoms with Crippen molar-refractivity contribution in [2.45, 2.75) is 135 Å². The minimum absolute atomic E-state index is 0.0221. The maximum atomic E-state index is 13.5. The average Bonchev–Trinajstić information content (AvgIpc) is 3.34. The minimum Gasteiger partial charge on any atom is -0.390 e. The van der Waals surface area contributed by atoms with Gasteiger partial charge in [0.2, 0.25) is 0 Å². The Morgan fingerprint density at radius 1 is 0.705 bits per heavy atom. The highest BCUT2D eigenvalue weighted by Gasteiger charge is 2.74. The highest BCUT2D eigenvalue weighted by molar-refractivity contribution is 5.92. The zero-order chi connectivity index (χ0) is 31.2. The molecule has 8 aliphatic carbocycles. The number of aliphatic hydroxyl groups is 4. The maximum absolute atomic E-state index is 13.5. The molecule has 6 heteroatoms. The Kier molecular flexibility index (Phi) is 6.40. The molecular weight excluding hydrogens is 552 g/mol. The summed E-state index contributed by atoms with van der Waals surface area (Å²) in [4.78, 5) is 25.8. The number of carbonyl (C=O) groups is 2. The number of hydrogen-bond acceptors (Lipinski definition) is 6. The van der Waals surface area contributed by atoms with Gasteiger partial charge >= 0.3 is 0 Å². The predicted octanol–water partition coefficient (Wildman–Crippen LogP) is 5.31. The molecule has 0 amide bonds. The monoisotopic (exact) mass is 606 g/mol. The van der Waals surface area contributed by atoms with Gasteiger partial charge in [0.15, 0.2) is 11.6 Å². The number of hydrogen-bond donors (Lipinski definition) is 4. The summed E-state index contributed by atoms with van der Waals surface area (Å²) in [6, 6.07) is 0. The van der Waals surface area contributed by atoms with Gasteiger partial charge < -0.3 is 20.4 Å². The summed E-state index contributed by atoms with van der Waals surface area (Å²) in [5.74, 6) is 1.79. The summed E-state index contributed by atoms with van der Waals surface area (Å²) in [5, 5.41) is 47.3. The quantitative estimate of drug-likeness (QED) is 0.322. The lowest BCUT2D eigenvalue weighted by Gasteiger charge is -2.65. The molecular formula is C38H54O6. The standard InChI is InChI=1S/C38H54O6/c1-34-12-9-22(39)15-20(34)5-7-24-26(34)11-14-36(3)29(24)19-32(42)38(36,44)31-17-23(40)16-21-6-8-25-27(37(21,31)4)10-13-35(2)28(25)18-30(41)33(35)43/h15-16,24-33,41-44H,5-14,17-19H2,1-4H3/t24-,25-,26-,27+,28+,29+,30?,31?,32?,33+,34+,35+,36+,37+,38?/m1/s1. The van der Waals surface area contributed by atoms with E-state index in [1.807, 2.05) is 12.2 Å². The third-order valence-electron chi connectivity index (χ3n) is 16.9. The van der Waals surface area contributed by atoms with Crippen molar-refractivity contribution in [3.63, 3.8) is 0 Å². The van der Waals surface area contributed by atoms with E-state index >= 15 is 0 Å². The molecule has 0 aliphatic heterocycles. The Morgan fingerprint density at radius 2 is 1.36 bits per heavy atom. The minimum atomic E-state index is -1.37. The maximum Gasteiger partial charge on any atom is 0.156 e. The predicted molar refractivity (Wildman–Crippen MR) is 166 cm³/mol. The van der Waals surface area contributed by atoms with Crippen molar-refractivity contribution in [2.24, 2.45) is 63.1 Å². The van der Waals surface area contributed by atoms with E-state index in [-0.39, 0.29) is 52.5 Å². The van der Waals surface area contributed by atoms with Crippen LogP contribution in [0.1, 0.15) is 111 Å². The van der Waals surface area contributed by atoms with E-state index in [1.165, 1.54) is 5.57 Å². The highest BCUT2D eigenvalue weighted by Crippen LogP contribution is 2.74. The molecule has 6 fully saturated rings. The van der Waals surface area contributed by atoms with Gasteiger partial charge in [0.1, 0.15) is 5.60 Å². The normalized spacial score (nSPS) is 58.1. The van der Waals surface area contributed by atoms with Crippen molar-refractivity contribution in [3.8, 4) is 0 Å². The molecule has 0 spiro atoms. The van der Waals surface area contributed by atoms with Crippen LogP contribution in [0, 0.1) is 63.1 Å². The first kappa shape index (κ1) is 30.0. The molecule has 6 nitrogen and oxygen atoms in total. The Morgan fingerprint density at radius 3 is 2.11 bits per heavy atom. The first-order valence-corrected chi connectivity index (χ1v) is 17.9. The molecule has 0 saturated heterocycles. The van der Waals surface area contributed by atoms with Crippen LogP contribution in [-0.2, 0) is 9.59 Å². The smallest absolute Gasteiger partial charge is 0.156 e. The molecule has 0 aromatic heterocycles. The van der Waals surface area contributed by atoms with Gasteiger partial charge in [-0.05, 0) is 135 Å². The molecule has 4 unspecified atom stereocenters. The van der Waals surface area contributed by atoms with Crippen molar-refractivity contribution in [1.82, 2.24) is 0 Å². The van der Waals surface area contributed by atoms with Crippen LogP contribution in [0.2, 0.25) is 0 Å². The molecule has 44 heavy (non-hydrogen) atoms. The fraction of sp³-hybridized carbons (Fsp3) is 0.842. The Hall–Kier alpha value is -1.34. The van der Waals surface area contributed by atoms with Crippen LogP contribution < -0.4 is 0 Å². The summed E-state index contributed by atoms with van der Waals surface area (Å²) >= 11 is 0. The SMILES string of the molecule is C[C@]12CC[C@H]3[C@@H](CCC4=CC(=O)CC(C5(O)C(O)C[C@H]6[C@@H]7CCC8=CC(=O)CC[C@]8(C)[C@@H]7CC[C@@]65C)[C@@]43C)[C@@H]1CC(O)[C@@H]2O. The van der Waals surface area contributed by atoms with Crippen molar-refractivity contribution >= 4 is 11.6 Å². The fourth-order valence-corrected chi connectivity index (χ4v) is 14.5. The molecule has 242 valence electrons. The van der Waals surface area contributed by atoms with E-state index in [1.54, 1.807) is 0 Å². The van der Waals surface area contributed by atoms with Gasteiger partial charge in [0, 0.05) is 24.2 Å². The molecule has 0 aromatic carbocycles. The Bertz CT molecular complexity index is 1350. The number of aliphatic hydroxyl groups excluding tert-OH is 3. The van der Waals surface area contributed by atoms with E-state index in [2.05, 4.69) is 27.7 Å². The molecule has 6 saturated carbocycles. The summed E-state index contributed by atoms with van der Waals surface area (Å²) in [7, 11) is 0. The fourth-order valence-electron chi connectivity index (χ4n) is 14.5. The topological polar surface area (TPSA) is 115 Å². The number of fused-ring (bicyclic) bond motifs is 10. The van der Waals surface area contributed by atoms with Gasteiger partial charge in [-0.25, -0.2) is 0 Å². The Labute approximate surface area is 262 Å². The van der Waals surface area contributed by atoms with E-state index in [9.17, 15) is 30.0 Å². The molecule has 15 atom stereocenters. The second-order valence-electron chi connectivity index (χ2n) is 17.9. The lowest BCUT2D eigenvalue weighted by molar-refractivity contribution is -0.221. The van der Waals surface area contributed by atoms with Crippen LogP contribution in [0.3, 0.4) is 0 Å². The zero-order valence-corrected chi connectivity index (χ0v) is 27.2. The second kappa shape index (κ2) is 9.39. The van der Waals surface area contributed by atoms with E-state index < -0.39 is 34.7 Å².